The molecule has 0 bridgehead atoms. The molecule has 0 aromatic heterocycles. The number of thioether (sulfide) groups is 1. The first-order chi connectivity index (χ1) is 30.6. The van der Waals surface area contributed by atoms with E-state index in [4.69, 9.17) is 42.6 Å². The molecule has 1 aliphatic carbocycles. The van der Waals surface area contributed by atoms with Gasteiger partial charge in [-0.2, -0.15) is 0 Å². The fraction of sp³-hybridized carbons (Fsp3) is 0.791. The van der Waals surface area contributed by atoms with Crippen LogP contribution < -0.4 is 16.0 Å². The van der Waals surface area contributed by atoms with Crippen molar-refractivity contribution in [1.29, 1.82) is 0 Å². The molecule has 0 aromatic carbocycles. The molecule has 1 saturated heterocycles. The van der Waals surface area contributed by atoms with Crippen molar-refractivity contribution in [2.45, 2.75) is 81.7 Å². The lowest BCUT2D eigenvalue weighted by molar-refractivity contribution is -0.138. The molecule has 0 saturated carbocycles. The number of hydrogen-bond acceptors (Lipinski definition) is 16. The van der Waals surface area contributed by atoms with Crippen LogP contribution >= 0.6 is 11.8 Å². The van der Waals surface area contributed by atoms with E-state index in [-0.39, 0.29) is 43.2 Å². The van der Waals surface area contributed by atoms with Crippen LogP contribution in [0.15, 0.2) is 23.5 Å². The predicted octanol–water partition coefficient (Wildman–Crippen LogP) is 3.05. The number of likely N-dealkylation sites (tertiary alicyclic amines) is 1. The number of nitrogens with one attached hydrogen (secondary N) is 3. The van der Waals surface area contributed by atoms with Crippen LogP contribution in [0.4, 0.5) is 9.59 Å². The highest BCUT2D eigenvalue weighted by atomic mass is 32.2. The highest BCUT2D eigenvalue weighted by molar-refractivity contribution is 8.00. The molecule has 0 radical (unpaired) electrons. The second-order valence-corrected chi connectivity index (χ2v) is 16.2. The number of hydrogen-bond donors (Lipinski definition) is 3. The van der Waals surface area contributed by atoms with E-state index in [9.17, 15) is 24.0 Å². The minimum absolute atomic E-state index is 0.0407. The Morgan fingerprint density at radius 2 is 1.52 bits per heavy atom. The van der Waals surface area contributed by atoms with Gasteiger partial charge >= 0.3 is 12.2 Å². The van der Waals surface area contributed by atoms with Gasteiger partial charge in [0.2, 0.25) is 17.7 Å². The predicted molar refractivity (Wildman–Crippen MR) is 237 cm³/mol. The highest BCUT2D eigenvalue weighted by Gasteiger charge is 2.38. The summed E-state index contributed by atoms with van der Waals surface area (Å²) < 4.78 is 49.3. The lowest BCUT2D eigenvalue weighted by Gasteiger charge is -2.24. The zero-order valence-electron chi connectivity index (χ0n) is 38.3. The molecule has 3 unspecified atom stereocenters. The Balaban J connectivity index is 1.55. The number of rotatable bonds is 38. The fourth-order valence-electron chi connectivity index (χ4n) is 6.28. The smallest absolute Gasteiger partial charge is 0.414 e. The molecule has 5 amide bonds. The number of imide groups is 1. The number of nitrogens with zero attached hydrogens (tertiary/aromatic N) is 2. The SMILES string of the molecule is CNCCCN(C)C(=O)OC1=CC=C(C(CCCCCSC2CC(=O)N(CCC(=O)NCCCOCCOCCOCC(COCCOC)OCCOC)C2=O)OC(=O)NC)CC1. The van der Waals surface area contributed by atoms with Gasteiger partial charge in [0.1, 0.15) is 18.0 Å². The van der Waals surface area contributed by atoms with Gasteiger partial charge in [-0.05, 0) is 69.5 Å². The van der Waals surface area contributed by atoms with Crippen LogP contribution in [0.25, 0.3) is 0 Å². The molecule has 362 valence electrons. The lowest BCUT2D eigenvalue weighted by atomic mass is 9.95. The molecule has 63 heavy (non-hydrogen) atoms. The Bertz CT molecular complexity index is 1380. The minimum Gasteiger partial charge on any atom is -0.442 e. The van der Waals surface area contributed by atoms with E-state index in [0.29, 0.717) is 123 Å². The summed E-state index contributed by atoms with van der Waals surface area (Å²) in [5.41, 5.74) is 0.955. The maximum absolute atomic E-state index is 13.0. The van der Waals surface area contributed by atoms with E-state index >= 15 is 0 Å². The third kappa shape index (κ3) is 25.7. The van der Waals surface area contributed by atoms with E-state index in [1.54, 1.807) is 32.2 Å². The van der Waals surface area contributed by atoms with Gasteiger partial charge in [-0.3, -0.25) is 19.3 Å². The summed E-state index contributed by atoms with van der Waals surface area (Å²) in [6.45, 7) is 6.64. The van der Waals surface area contributed by atoms with Crippen LogP contribution in [-0.2, 0) is 57.0 Å². The largest absolute Gasteiger partial charge is 0.442 e. The fourth-order valence-corrected chi connectivity index (χ4v) is 7.47. The van der Waals surface area contributed by atoms with Gasteiger partial charge in [0.05, 0.1) is 71.3 Å². The number of methoxy groups -OCH3 is 2. The molecule has 0 aromatic rings. The third-order valence-corrected chi connectivity index (χ3v) is 11.2. The first-order valence-corrected chi connectivity index (χ1v) is 23.2. The summed E-state index contributed by atoms with van der Waals surface area (Å²) in [6.07, 6.45) is 7.91. The van der Waals surface area contributed by atoms with Crippen molar-refractivity contribution in [3.05, 3.63) is 23.5 Å². The van der Waals surface area contributed by atoms with Crippen molar-refractivity contribution >= 4 is 41.7 Å². The standard InChI is InChI=1S/C43H75N5O14S/c1-44-17-9-19-47(3)43(53)61-35-14-12-34(13-15-35)37(62-42(52)45-2)11-7-6-8-30-63-38-31-40(50)48(41(38)51)20-16-39(49)46-18-10-21-56-25-26-57-27-28-59-33-36(60-29-23-55-5)32-58-24-22-54-4/h12,14,36-38,44H,6-11,13,15-33H2,1-5H3,(H,45,52)(H,46,49). The zero-order valence-corrected chi connectivity index (χ0v) is 39.1. The van der Waals surface area contributed by atoms with Gasteiger partial charge in [0, 0.05) is 73.8 Å². The Morgan fingerprint density at radius 3 is 2.21 bits per heavy atom. The molecule has 1 fully saturated rings. The molecule has 19 nitrogen and oxygen atoms in total. The molecule has 20 heteroatoms. The molecular formula is C43H75N5O14S. The van der Waals surface area contributed by atoms with Crippen molar-refractivity contribution in [1.82, 2.24) is 25.8 Å². The van der Waals surface area contributed by atoms with Crippen molar-refractivity contribution < 1.29 is 66.6 Å². The Morgan fingerprint density at radius 1 is 0.825 bits per heavy atom. The quantitative estimate of drug-likeness (QED) is 0.0601. The zero-order chi connectivity index (χ0) is 45.9. The summed E-state index contributed by atoms with van der Waals surface area (Å²) >= 11 is 1.46. The average Bonchev–Trinajstić information content (AvgIpc) is 3.55. The molecule has 2 rings (SSSR count). The van der Waals surface area contributed by atoms with Gasteiger partial charge in [0.15, 0.2) is 0 Å². The summed E-state index contributed by atoms with van der Waals surface area (Å²) in [6, 6.07) is 0. The minimum atomic E-state index is -0.512. The first-order valence-electron chi connectivity index (χ1n) is 22.1. The van der Waals surface area contributed by atoms with Crippen LogP contribution in [0.3, 0.4) is 0 Å². The first kappa shape index (κ1) is 55.8. The van der Waals surface area contributed by atoms with Crippen LogP contribution in [0.2, 0.25) is 0 Å². The van der Waals surface area contributed by atoms with Gasteiger partial charge < -0.3 is 63.5 Å². The molecule has 0 spiro atoms. The molecule has 2 aliphatic rings. The van der Waals surface area contributed by atoms with E-state index in [2.05, 4.69) is 16.0 Å². The van der Waals surface area contributed by atoms with E-state index < -0.39 is 23.5 Å². The maximum Gasteiger partial charge on any atom is 0.414 e. The number of unbranched alkanes of at least 4 members (excludes halogenated alkanes) is 2. The van der Waals surface area contributed by atoms with Crippen LogP contribution in [0, 0.1) is 0 Å². The number of amides is 5. The van der Waals surface area contributed by atoms with E-state index in [0.717, 1.165) is 37.8 Å². The van der Waals surface area contributed by atoms with Crippen molar-refractivity contribution in [3.8, 4) is 0 Å². The number of alkyl carbamates (subject to hydrolysis) is 1. The van der Waals surface area contributed by atoms with Crippen LogP contribution in [-0.4, -0.2) is 197 Å². The number of allylic oxidation sites excluding steroid dienone is 3. The normalized spacial score (nSPS) is 16.1. The number of carbonyl (C=O) groups is 5. The summed E-state index contributed by atoms with van der Waals surface area (Å²) in [7, 11) is 8.33. The summed E-state index contributed by atoms with van der Waals surface area (Å²) in [5.74, 6) is 0.532. The van der Waals surface area contributed by atoms with Crippen molar-refractivity contribution in [3.63, 3.8) is 0 Å². The van der Waals surface area contributed by atoms with Gasteiger partial charge in [-0.25, -0.2) is 9.59 Å². The Labute approximate surface area is 378 Å². The van der Waals surface area contributed by atoms with Crippen molar-refractivity contribution in [2.75, 3.05) is 140 Å². The summed E-state index contributed by atoms with van der Waals surface area (Å²) in [5, 5.41) is 7.94. The topological polar surface area (TPSA) is 211 Å². The Kier molecular flexibility index (Phi) is 31.8. The maximum atomic E-state index is 13.0. The van der Waals surface area contributed by atoms with E-state index in [1.807, 2.05) is 13.1 Å². The summed E-state index contributed by atoms with van der Waals surface area (Å²) in [4.78, 5) is 65.4. The molecule has 3 N–H and O–H groups in total. The van der Waals surface area contributed by atoms with Gasteiger partial charge in [0.25, 0.3) is 0 Å². The molecule has 1 heterocycles. The van der Waals surface area contributed by atoms with Crippen molar-refractivity contribution in [2.24, 2.45) is 0 Å². The molecule has 3 atom stereocenters. The second kappa shape index (κ2) is 35.9. The Hall–Kier alpha value is -3.34. The number of ether oxygens (including phenoxy) is 9. The monoisotopic (exact) mass is 918 g/mol. The van der Waals surface area contributed by atoms with Crippen LogP contribution in [0.5, 0.6) is 0 Å². The highest BCUT2D eigenvalue weighted by Crippen LogP contribution is 2.29. The molecule has 1 aliphatic heterocycles. The lowest BCUT2D eigenvalue weighted by Crippen LogP contribution is -2.36. The second-order valence-electron chi connectivity index (χ2n) is 14.9. The average molecular weight is 918 g/mol. The third-order valence-electron chi connectivity index (χ3n) is 9.87. The molecular weight excluding hydrogens is 843 g/mol. The van der Waals surface area contributed by atoms with Crippen LogP contribution in [0.1, 0.15) is 64.2 Å². The number of carbonyl (C=O) groups excluding carboxylic acids is 5. The van der Waals surface area contributed by atoms with Gasteiger partial charge in [-0.15, -0.1) is 11.8 Å². The van der Waals surface area contributed by atoms with E-state index in [1.165, 1.54) is 23.7 Å². The van der Waals surface area contributed by atoms with Gasteiger partial charge in [-0.1, -0.05) is 12.5 Å².